The Bertz CT molecular complexity index is 1740. The van der Waals surface area contributed by atoms with E-state index in [-0.39, 0.29) is 41.1 Å². The monoisotopic (exact) mass is 593 g/mol. The van der Waals surface area contributed by atoms with Crippen LogP contribution in [0.25, 0.3) is 33.4 Å². The van der Waals surface area contributed by atoms with Gasteiger partial charge in [-0.25, -0.2) is 4.39 Å². The van der Waals surface area contributed by atoms with Crippen molar-refractivity contribution in [1.82, 2.24) is 5.32 Å². The topological polar surface area (TPSA) is 79.5 Å². The van der Waals surface area contributed by atoms with Crippen LogP contribution in [0, 0.1) is 24.1 Å². The van der Waals surface area contributed by atoms with E-state index in [9.17, 15) is 32.3 Å². The normalized spacial score (nSPS) is 19.2. The first kappa shape index (κ1) is 29.1. The van der Waals surface area contributed by atoms with Gasteiger partial charge in [-0.05, 0) is 114 Å². The molecule has 2 N–H and O–H groups in total. The summed E-state index contributed by atoms with van der Waals surface area (Å²) in [5, 5.41) is 13.1. The van der Waals surface area contributed by atoms with Crippen molar-refractivity contribution >= 4 is 22.7 Å². The fourth-order valence-corrected chi connectivity index (χ4v) is 6.83. The van der Waals surface area contributed by atoms with E-state index >= 15 is 0 Å². The molecule has 0 unspecified atom stereocenters. The standard InChI is InChI=1S/C34H31F4NO4/c1-18-9-22(17-40)26(28(41)16-33-13-19(14-33)15-33)11-24(18)25-12-27-29(10-21(25)7-8-34(36,37)38)43-31(30(27)32(42)39-2)20-3-5-23(35)6-4-20/h3-6,9-12,19,40H,7-8,13-17H2,1-2H3,(H,39,42). The Morgan fingerprint density at radius 1 is 1.02 bits per heavy atom. The molecule has 3 aliphatic carbocycles. The number of aliphatic hydroxyl groups is 1. The van der Waals surface area contributed by atoms with Crippen molar-refractivity contribution in [3.63, 3.8) is 0 Å². The van der Waals surface area contributed by atoms with E-state index in [0.717, 1.165) is 19.3 Å². The van der Waals surface area contributed by atoms with Crippen molar-refractivity contribution in [3.8, 4) is 22.5 Å². The van der Waals surface area contributed by atoms with Crippen LogP contribution in [0.3, 0.4) is 0 Å². The van der Waals surface area contributed by atoms with Crippen molar-refractivity contribution in [2.24, 2.45) is 11.3 Å². The third-order valence-electron chi connectivity index (χ3n) is 9.06. The van der Waals surface area contributed by atoms with E-state index in [2.05, 4.69) is 5.32 Å². The molecule has 4 aromatic rings. The van der Waals surface area contributed by atoms with Gasteiger partial charge in [-0.1, -0.05) is 6.07 Å². The van der Waals surface area contributed by atoms with Gasteiger partial charge in [0.05, 0.1) is 12.2 Å². The average Bonchev–Trinajstić information content (AvgIpc) is 3.30. The van der Waals surface area contributed by atoms with E-state index in [1.165, 1.54) is 37.4 Å². The zero-order valence-electron chi connectivity index (χ0n) is 23.8. The summed E-state index contributed by atoms with van der Waals surface area (Å²) in [5.41, 5.74) is 3.67. The minimum atomic E-state index is -4.42. The van der Waals surface area contributed by atoms with Gasteiger partial charge in [-0.15, -0.1) is 0 Å². The lowest BCUT2D eigenvalue weighted by atomic mass is 9.43. The van der Waals surface area contributed by atoms with Gasteiger partial charge >= 0.3 is 6.18 Å². The van der Waals surface area contributed by atoms with Gasteiger partial charge < -0.3 is 14.8 Å². The van der Waals surface area contributed by atoms with Crippen LogP contribution >= 0.6 is 0 Å². The maximum atomic E-state index is 13.7. The van der Waals surface area contributed by atoms with Gasteiger partial charge in [0.2, 0.25) is 0 Å². The molecule has 9 heteroatoms. The number of hydrogen-bond acceptors (Lipinski definition) is 4. The molecule has 0 spiro atoms. The van der Waals surface area contributed by atoms with Gasteiger partial charge in [0.1, 0.15) is 17.2 Å². The highest BCUT2D eigenvalue weighted by molar-refractivity contribution is 6.12. The lowest BCUT2D eigenvalue weighted by Crippen LogP contribution is -2.52. The number of aryl methyl sites for hydroxylation is 2. The lowest BCUT2D eigenvalue weighted by molar-refractivity contribution is -0.133. The summed E-state index contributed by atoms with van der Waals surface area (Å²) in [6.07, 6.45) is -2.38. The summed E-state index contributed by atoms with van der Waals surface area (Å²) in [4.78, 5) is 26.7. The average molecular weight is 594 g/mol. The van der Waals surface area contributed by atoms with Crippen molar-refractivity contribution in [3.05, 3.63) is 82.2 Å². The number of Topliss-reactive ketones (excluding diaryl/α,β-unsaturated/α-hetero) is 1. The van der Waals surface area contributed by atoms with Crippen LogP contribution in [0.1, 0.15) is 69.5 Å². The molecule has 1 amide bonds. The van der Waals surface area contributed by atoms with Crippen molar-refractivity contribution in [2.75, 3.05) is 7.05 Å². The Kier molecular flexibility index (Phi) is 7.19. The van der Waals surface area contributed by atoms with E-state index < -0.39 is 24.3 Å². The van der Waals surface area contributed by atoms with Crippen LogP contribution in [-0.4, -0.2) is 30.0 Å². The second-order valence-electron chi connectivity index (χ2n) is 12.1. The number of carbonyl (C=O) groups is 2. The first-order valence-corrected chi connectivity index (χ1v) is 14.3. The molecule has 3 aliphatic rings. The predicted octanol–water partition coefficient (Wildman–Crippen LogP) is 7.93. The number of furan rings is 1. The third kappa shape index (κ3) is 5.35. The minimum Gasteiger partial charge on any atom is -0.455 e. The molecular formula is C34H31F4NO4. The van der Waals surface area contributed by atoms with Crippen LogP contribution in [0.5, 0.6) is 0 Å². The third-order valence-corrected chi connectivity index (χ3v) is 9.06. The number of carbonyl (C=O) groups excluding carboxylic acids is 2. The van der Waals surface area contributed by atoms with E-state index in [1.807, 2.05) is 0 Å². The number of nitrogens with one attached hydrogen (secondary N) is 1. The molecule has 2 bridgehead atoms. The molecule has 0 atom stereocenters. The number of rotatable bonds is 9. The molecule has 7 rings (SSSR count). The van der Waals surface area contributed by atoms with Gasteiger partial charge in [0, 0.05) is 36.4 Å². The molecule has 3 aromatic carbocycles. The SMILES string of the molecule is CNC(=O)c1c(-c2ccc(F)cc2)oc2cc(CCC(F)(F)F)c(-c3cc(C(=O)CC45CC(C4)C5)c(CO)cc3C)cc12. The Morgan fingerprint density at radius 2 is 1.72 bits per heavy atom. The summed E-state index contributed by atoms with van der Waals surface area (Å²) in [5.74, 6) is -0.177. The molecule has 224 valence electrons. The fraction of sp³-hybridized carbons (Fsp3) is 0.353. The number of fused-ring (bicyclic) bond motifs is 1. The van der Waals surface area contributed by atoms with Crippen LogP contribution < -0.4 is 5.32 Å². The predicted molar refractivity (Wildman–Crippen MR) is 154 cm³/mol. The number of aliphatic hydroxyl groups excluding tert-OH is 1. The Labute approximate surface area is 245 Å². The number of halogens is 4. The molecular weight excluding hydrogens is 562 g/mol. The summed E-state index contributed by atoms with van der Waals surface area (Å²) in [6.45, 7) is 1.43. The van der Waals surface area contributed by atoms with E-state index in [0.29, 0.717) is 56.7 Å². The highest BCUT2D eigenvalue weighted by atomic mass is 19.4. The quantitative estimate of drug-likeness (QED) is 0.153. The number of amides is 1. The highest BCUT2D eigenvalue weighted by Crippen LogP contribution is 2.66. The van der Waals surface area contributed by atoms with Crippen molar-refractivity contribution in [2.45, 2.75) is 58.2 Å². The Balaban J connectivity index is 1.54. The van der Waals surface area contributed by atoms with Crippen LogP contribution in [0.2, 0.25) is 0 Å². The number of benzene rings is 3. The maximum Gasteiger partial charge on any atom is 0.389 e. The molecule has 3 fully saturated rings. The van der Waals surface area contributed by atoms with Crippen molar-refractivity contribution in [1.29, 1.82) is 0 Å². The number of ketones is 1. The van der Waals surface area contributed by atoms with Crippen LogP contribution in [0.4, 0.5) is 17.6 Å². The van der Waals surface area contributed by atoms with Crippen LogP contribution in [-0.2, 0) is 13.0 Å². The van der Waals surface area contributed by atoms with E-state index in [1.54, 1.807) is 25.1 Å². The number of alkyl halides is 3. The summed E-state index contributed by atoms with van der Waals surface area (Å²) in [7, 11) is 1.45. The molecule has 0 aliphatic heterocycles. The molecule has 0 radical (unpaired) electrons. The minimum absolute atomic E-state index is 0.0340. The summed E-state index contributed by atoms with van der Waals surface area (Å²) >= 11 is 0. The first-order chi connectivity index (χ1) is 20.4. The Hall–Kier alpha value is -3.98. The number of hydrogen-bond donors (Lipinski definition) is 2. The summed E-state index contributed by atoms with van der Waals surface area (Å²) in [6, 6.07) is 11.9. The van der Waals surface area contributed by atoms with Gasteiger partial charge in [0.15, 0.2) is 5.78 Å². The highest BCUT2D eigenvalue weighted by Gasteiger charge is 2.57. The molecule has 3 saturated carbocycles. The molecule has 0 saturated heterocycles. The second kappa shape index (κ2) is 10.6. The van der Waals surface area contributed by atoms with Gasteiger partial charge in [-0.3, -0.25) is 9.59 Å². The fourth-order valence-electron chi connectivity index (χ4n) is 6.83. The smallest absolute Gasteiger partial charge is 0.389 e. The molecule has 43 heavy (non-hydrogen) atoms. The Morgan fingerprint density at radius 3 is 2.30 bits per heavy atom. The first-order valence-electron chi connectivity index (χ1n) is 14.3. The van der Waals surface area contributed by atoms with Gasteiger partial charge in [-0.2, -0.15) is 13.2 Å². The van der Waals surface area contributed by atoms with E-state index in [4.69, 9.17) is 4.42 Å². The zero-order chi connectivity index (χ0) is 30.7. The largest absolute Gasteiger partial charge is 0.455 e. The molecule has 1 aromatic heterocycles. The zero-order valence-corrected chi connectivity index (χ0v) is 23.8. The molecule has 5 nitrogen and oxygen atoms in total. The van der Waals surface area contributed by atoms with Crippen molar-refractivity contribution < 1.29 is 36.7 Å². The second-order valence-corrected chi connectivity index (χ2v) is 12.1. The maximum absolute atomic E-state index is 13.7. The molecule has 1 heterocycles. The van der Waals surface area contributed by atoms with Gasteiger partial charge in [0.25, 0.3) is 5.91 Å². The lowest BCUT2D eigenvalue weighted by Gasteiger charge is -2.62. The summed E-state index contributed by atoms with van der Waals surface area (Å²) < 4.78 is 60.0. The van der Waals surface area contributed by atoms with Crippen LogP contribution in [0.15, 0.2) is 52.9 Å².